The van der Waals surface area contributed by atoms with Crippen LogP contribution in [-0.4, -0.2) is 21.3 Å². The second kappa shape index (κ2) is 4.46. The van der Waals surface area contributed by atoms with Crippen LogP contribution in [0.1, 0.15) is 10.5 Å². The average Bonchev–Trinajstić information content (AvgIpc) is 3.11. The highest BCUT2D eigenvalue weighted by Gasteiger charge is 2.14. The monoisotopic (exact) mass is 260 g/mol. The van der Waals surface area contributed by atoms with Crippen LogP contribution in [0.3, 0.4) is 0 Å². The highest BCUT2D eigenvalue weighted by molar-refractivity contribution is 7.13. The van der Waals surface area contributed by atoms with Gasteiger partial charge in [0, 0.05) is 12.3 Å². The van der Waals surface area contributed by atoms with Gasteiger partial charge in [0.2, 0.25) is 0 Å². The van der Waals surface area contributed by atoms with Gasteiger partial charge in [-0.15, -0.1) is 11.3 Å². The van der Waals surface area contributed by atoms with E-state index in [-0.39, 0.29) is 11.6 Å². The molecule has 7 heteroatoms. The van der Waals surface area contributed by atoms with E-state index in [1.54, 1.807) is 12.3 Å². The lowest BCUT2D eigenvalue weighted by Crippen LogP contribution is -2.11. The summed E-state index contributed by atoms with van der Waals surface area (Å²) in [4.78, 5) is 12.8. The molecule has 3 aromatic rings. The van der Waals surface area contributed by atoms with E-state index in [4.69, 9.17) is 4.52 Å². The van der Waals surface area contributed by atoms with Gasteiger partial charge in [0.25, 0.3) is 5.91 Å². The summed E-state index contributed by atoms with van der Waals surface area (Å²) < 4.78 is 5.13. The van der Waals surface area contributed by atoms with Crippen LogP contribution in [0.4, 0.5) is 5.69 Å². The Kier molecular flexibility index (Phi) is 2.66. The number of carbonyl (C=O) groups is 1. The summed E-state index contributed by atoms with van der Waals surface area (Å²) in [6.45, 7) is 0. The Balaban J connectivity index is 1.79. The maximum atomic E-state index is 11.8. The van der Waals surface area contributed by atoms with E-state index in [9.17, 15) is 4.79 Å². The van der Waals surface area contributed by atoms with Crippen molar-refractivity contribution in [3.63, 3.8) is 0 Å². The standard InChI is InChI=1S/C11H8N4O2S/c16-11(14-7-5-12-13-6-7)8-4-9(17-15-8)10-2-1-3-18-10/h1-6H,(H,12,13)(H,14,16). The van der Waals surface area contributed by atoms with E-state index in [1.165, 1.54) is 17.5 Å². The smallest absolute Gasteiger partial charge is 0.277 e. The number of amides is 1. The first-order chi connectivity index (χ1) is 8.83. The van der Waals surface area contributed by atoms with Crippen molar-refractivity contribution in [1.29, 1.82) is 0 Å². The third-order valence-corrected chi connectivity index (χ3v) is 3.15. The van der Waals surface area contributed by atoms with Crippen LogP contribution in [0.2, 0.25) is 0 Å². The number of hydrogen-bond donors (Lipinski definition) is 2. The average molecular weight is 260 g/mol. The Bertz CT molecular complexity index is 642. The van der Waals surface area contributed by atoms with Gasteiger partial charge >= 0.3 is 0 Å². The van der Waals surface area contributed by atoms with Gasteiger partial charge in [-0.2, -0.15) is 5.10 Å². The summed E-state index contributed by atoms with van der Waals surface area (Å²) in [6.07, 6.45) is 3.09. The van der Waals surface area contributed by atoms with Gasteiger partial charge in [-0.25, -0.2) is 0 Å². The van der Waals surface area contributed by atoms with E-state index >= 15 is 0 Å². The van der Waals surface area contributed by atoms with Crippen molar-refractivity contribution >= 4 is 22.9 Å². The lowest BCUT2D eigenvalue weighted by molar-refractivity contribution is 0.101. The molecular formula is C11H8N4O2S. The number of anilines is 1. The summed E-state index contributed by atoms with van der Waals surface area (Å²) in [5.41, 5.74) is 0.820. The fourth-order valence-electron chi connectivity index (χ4n) is 1.43. The Hall–Kier alpha value is -2.41. The predicted molar refractivity (Wildman–Crippen MR) is 66.4 cm³/mol. The lowest BCUT2D eigenvalue weighted by Gasteiger charge is -1.95. The number of thiophene rings is 1. The van der Waals surface area contributed by atoms with E-state index in [0.29, 0.717) is 11.4 Å². The first-order valence-corrected chi connectivity index (χ1v) is 6.01. The molecule has 0 atom stereocenters. The Morgan fingerprint density at radius 1 is 1.50 bits per heavy atom. The zero-order chi connectivity index (χ0) is 12.4. The third kappa shape index (κ3) is 2.03. The van der Waals surface area contributed by atoms with Gasteiger partial charge in [-0.05, 0) is 11.4 Å². The summed E-state index contributed by atoms with van der Waals surface area (Å²) in [5.74, 6) is 0.255. The van der Waals surface area contributed by atoms with Crippen molar-refractivity contribution in [2.45, 2.75) is 0 Å². The fourth-order valence-corrected chi connectivity index (χ4v) is 2.10. The van der Waals surface area contributed by atoms with Crippen LogP contribution in [0, 0.1) is 0 Å². The number of nitrogens with zero attached hydrogens (tertiary/aromatic N) is 2. The van der Waals surface area contributed by atoms with Crippen molar-refractivity contribution in [2.75, 3.05) is 5.32 Å². The molecule has 90 valence electrons. The lowest BCUT2D eigenvalue weighted by atomic mass is 10.3. The molecule has 18 heavy (non-hydrogen) atoms. The summed E-state index contributed by atoms with van der Waals surface area (Å²) in [7, 11) is 0. The Labute approximate surface area is 106 Å². The first-order valence-electron chi connectivity index (χ1n) is 5.13. The number of aromatic nitrogens is 3. The molecule has 0 aliphatic carbocycles. The minimum absolute atomic E-state index is 0.236. The van der Waals surface area contributed by atoms with Gasteiger partial charge in [0.15, 0.2) is 11.5 Å². The highest BCUT2D eigenvalue weighted by atomic mass is 32.1. The van der Waals surface area contributed by atoms with Crippen molar-refractivity contribution in [3.8, 4) is 10.6 Å². The maximum absolute atomic E-state index is 11.8. The number of carbonyl (C=O) groups excluding carboxylic acids is 1. The molecule has 0 aliphatic heterocycles. The van der Waals surface area contributed by atoms with Crippen molar-refractivity contribution in [2.24, 2.45) is 0 Å². The zero-order valence-electron chi connectivity index (χ0n) is 9.08. The molecule has 3 aromatic heterocycles. The van der Waals surface area contributed by atoms with Crippen LogP contribution in [0.25, 0.3) is 10.6 Å². The first kappa shape index (κ1) is 10.7. The van der Waals surface area contributed by atoms with Crippen LogP contribution >= 0.6 is 11.3 Å². The molecule has 3 heterocycles. The van der Waals surface area contributed by atoms with Crippen LogP contribution < -0.4 is 5.32 Å². The van der Waals surface area contributed by atoms with Crippen molar-refractivity contribution in [1.82, 2.24) is 15.4 Å². The molecule has 0 aromatic carbocycles. The number of H-pyrrole nitrogens is 1. The van der Waals surface area contributed by atoms with Crippen LogP contribution in [-0.2, 0) is 0 Å². The molecule has 0 spiro atoms. The second-order valence-electron chi connectivity index (χ2n) is 3.49. The normalized spacial score (nSPS) is 10.4. The summed E-state index contributed by atoms with van der Waals surface area (Å²) >= 11 is 1.53. The van der Waals surface area contributed by atoms with Gasteiger partial charge in [-0.1, -0.05) is 11.2 Å². The van der Waals surface area contributed by atoms with Crippen LogP contribution in [0.15, 0.2) is 40.5 Å². The highest BCUT2D eigenvalue weighted by Crippen LogP contribution is 2.25. The number of hydrogen-bond acceptors (Lipinski definition) is 5. The number of aromatic amines is 1. The van der Waals surface area contributed by atoms with Gasteiger partial charge in [-0.3, -0.25) is 9.89 Å². The third-order valence-electron chi connectivity index (χ3n) is 2.26. The molecular weight excluding hydrogens is 252 g/mol. The molecule has 1 amide bonds. The molecule has 0 saturated heterocycles. The minimum Gasteiger partial charge on any atom is -0.355 e. The number of nitrogens with one attached hydrogen (secondary N) is 2. The van der Waals surface area contributed by atoms with Gasteiger partial charge in [0.05, 0.1) is 16.8 Å². The largest absolute Gasteiger partial charge is 0.355 e. The molecule has 2 N–H and O–H groups in total. The Morgan fingerprint density at radius 2 is 2.44 bits per heavy atom. The zero-order valence-corrected chi connectivity index (χ0v) is 9.90. The molecule has 0 bridgehead atoms. The second-order valence-corrected chi connectivity index (χ2v) is 4.44. The van der Waals surface area contributed by atoms with Crippen molar-refractivity contribution in [3.05, 3.63) is 41.7 Å². The molecule has 0 aliphatic rings. The molecule has 6 nitrogen and oxygen atoms in total. The molecule has 0 unspecified atom stereocenters. The van der Waals surface area contributed by atoms with E-state index in [0.717, 1.165) is 4.88 Å². The summed E-state index contributed by atoms with van der Waals surface area (Å²) in [5, 5.41) is 14.7. The van der Waals surface area contributed by atoms with Gasteiger partial charge < -0.3 is 9.84 Å². The molecule has 0 radical (unpaired) electrons. The SMILES string of the molecule is O=C(Nc1cn[nH]c1)c1cc(-c2cccs2)on1. The van der Waals surface area contributed by atoms with Crippen LogP contribution in [0.5, 0.6) is 0 Å². The maximum Gasteiger partial charge on any atom is 0.277 e. The minimum atomic E-state index is -0.331. The van der Waals surface area contributed by atoms with E-state index < -0.39 is 0 Å². The molecule has 3 rings (SSSR count). The van der Waals surface area contributed by atoms with Gasteiger partial charge in [0.1, 0.15) is 0 Å². The van der Waals surface area contributed by atoms with Crippen molar-refractivity contribution < 1.29 is 9.32 Å². The quantitative estimate of drug-likeness (QED) is 0.757. The number of rotatable bonds is 3. The Morgan fingerprint density at radius 3 is 3.17 bits per heavy atom. The predicted octanol–water partition coefficient (Wildman–Crippen LogP) is 2.38. The topological polar surface area (TPSA) is 83.8 Å². The summed E-state index contributed by atoms with van der Waals surface area (Å²) in [6, 6.07) is 5.43. The molecule has 0 fully saturated rings. The van der Waals surface area contributed by atoms with E-state index in [1.807, 2.05) is 17.5 Å². The van der Waals surface area contributed by atoms with E-state index in [2.05, 4.69) is 20.7 Å². The molecule has 0 saturated carbocycles. The fraction of sp³-hybridized carbons (Fsp3) is 0.